The monoisotopic (exact) mass is 391 g/mol. The van der Waals surface area contributed by atoms with E-state index in [1.165, 1.54) is 24.8 Å². The highest BCUT2D eigenvalue weighted by Crippen LogP contribution is 2.23. The Labute approximate surface area is 171 Å². The number of anilines is 1. The summed E-state index contributed by atoms with van der Waals surface area (Å²) >= 11 is 0. The number of fused-ring (bicyclic) bond motifs is 1. The number of H-pyrrole nitrogens is 1. The van der Waals surface area contributed by atoms with E-state index in [1.54, 1.807) is 6.20 Å². The number of amides is 2. The zero-order valence-electron chi connectivity index (χ0n) is 16.7. The largest absolute Gasteiger partial charge is 0.338 e. The highest BCUT2D eigenvalue weighted by atomic mass is 16.2. The van der Waals surface area contributed by atoms with Crippen LogP contribution in [0.5, 0.6) is 0 Å². The van der Waals surface area contributed by atoms with Gasteiger partial charge in [0.2, 0.25) is 0 Å². The van der Waals surface area contributed by atoms with E-state index in [1.807, 2.05) is 18.2 Å². The Morgan fingerprint density at radius 2 is 2.07 bits per heavy atom. The molecule has 152 valence electrons. The van der Waals surface area contributed by atoms with Crippen molar-refractivity contribution < 1.29 is 4.79 Å². The maximum absolute atomic E-state index is 12.1. The van der Waals surface area contributed by atoms with E-state index in [2.05, 4.69) is 56.5 Å². The fourth-order valence-corrected chi connectivity index (χ4v) is 4.19. The molecule has 0 spiro atoms. The van der Waals surface area contributed by atoms with Crippen LogP contribution in [0.4, 0.5) is 10.5 Å². The predicted octanol–water partition coefficient (Wildman–Crippen LogP) is 4.08. The van der Waals surface area contributed by atoms with Crippen molar-refractivity contribution in [1.82, 2.24) is 20.8 Å². The number of nitrogens with zero attached hydrogens (tertiary/aromatic N) is 1. The van der Waals surface area contributed by atoms with Gasteiger partial charge in [-0.1, -0.05) is 30.3 Å². The smallest absolute Gasteiger partial charge is 0.319 e. The predicted molar refractivity (Wildman–Crippen MR) is 117 cm³/mol. The molecule has 2 amide bonds. The first kappa shape index (κ1) is 19.5. The Hall–Kier alpha value is -2.86. The van der Waals surface area contributed by atoms with Gasteiger partial charge in [-0.25, -0.2) is 4.79 Å². The summed E-state index contributed by atoms with van der Waals surface area (Å²) in [5.74, 6) is 0.748. The van der Waals surface area contributed by atoms with E-state index in [-0.39, 0.29) is 6.03 Å². The van der Waals surface area contributed by atoms with Crippen molar-refractivity contribution in [3.63, 3.8) is 0 Å². The third-order valence-corrected chi connectivity index (χ3v) is 5.69. The molecule has 0 aliphatic carbocycles. The van der Waals surface area contributed by atoms with Gasteiger partial charge in [0.25, 0.3) is 0 Å². The molecule has 2 aromatic carbocycles. The minimum Gasteiger partial charge on any atom is -0.338 e. The molecule has 2 heterocycles. The first-order chi connectivity index (χ1) is 14.3. The van der Waals surface area contributed by atoms with E-state index in [4.69, 9.17) is 0 Å². The van der Waals surface area contributed by atoms with E-state index in [0.29, 0.717) is 12.6 Å². The zero-order valence-corrected chi connectivity index (χ0v) is 16.7. The summed E-state index contributed by atoms with van der Waals surface area (Å²) in [4.78, 5) is 12.1. The maximum Gasteiger partial charge on any atom is 0.319 e. The highest BCUT2D eigenvalue weighted by Gasteiger charge is 2.21. The first-order valence-electron chi connectivity index (χ1n) is 10.5. The van der Waals surface area contributed by atoms with Crippen LogP contribution in [0.15, 0.2) is 54.7 Å². The second-order valence-electron chi connectivity index (χ2n) is 7.93. The summed E-state index contributed by atoms with van der Waals surface area (Å²) < 4.78 is 0. The molecule has 2 atom stereocenters. The molecule has 1 saturated heterocycles. The molecule has 6 heteroatoms. The van der Waals surface area contributed by atoms with Crippen LogP contribution in [0, 0.1) is 5.92 Å². The lowest BCUT2D eigenvalue weighted by molar-refractivity contribution is 0.250. The van der Waals surface area contributed by atoms with Crippen molar-refractivity contribution in [2.75, 3.05) is 18.4 Å². The van der Waals surface area contributed by atoms with Gasteiger partial charge in [0, 0.05) is 23.7 Å². The standard InChI is InChI=1S/C23H29N5O/c29-23(27-21-9-8-19-16-26-28-22(19)15-21)25-11-4-7-20-14-18(10-12-24-20)13-17-5-2-1-3-6-17/h1-3,5-6,8-9,15-16,18,20,24H,4,7,10-14H2,(H,26,28)(H2,25,27,29)/t18-,20-/m0/s1. The molecular weight excluding hydrogens is 362 g/mol. The third kappa shape index (κ3) is 5.57. The summed E-state index contributed by atoms with van der Waals surface area (Å²) in [6.45, 7) is 1.77. The first-order valence-corrected chi connectivity index (χ1v) is 10.5. The summed E-state index contributed by atoms with van der Waals surface area (Å²) in [6.07, 6.45) is 7.45. The number of hydrogen-bond donors (Lipinski definition) is 4. The molecule has 1 aliphatic rings. The van der Waals surface area contributed by atoms with Gasteiger partial charge in [-0.05, 0) is 68.3 Å². The minimum atomic E-state index is -0.164. The molecule has 4 rings (SSSR count). The van der Waals surface area contributed by atoms with Crippen molar-refractivity contribution >= 4 is 22.6 Å². The van der Waals surface area contributed by atoms with Crippen LogP contribution in [0.25, 0.3) is 10.9 Å². The number of aromatic nitrogens is 2. The molecule has 4 N–H and O–H groups in total. The van der Waals surface area contributed by atoms with Crippen molar-refractivity contribution in [3.8, 4) is 0 Å². The van der Waals surface area contributed by atoms with E-state index >= 15 is 0 Å². The van der Waals surface area contributed by atoms with Crippen LogP contribution in [-0.4, -0.2) is 35.4 Å². The third-order valence-electron chi connectivity index (χ3n) is 5.69. The number of rotatable bonds is 7. The Bertz CT molecular complexity index is 923. The molecule has 6 nitrogen and oxygen atoms in total. The van der Waals surface area contributed by atoms with Crippen molar-refractivity contribution in [2.45, 2.75) is 38.1 Å². The van der Waals surface area contributed by atoms with Gasteiger partial charge in [0.05, 0.1) is 11.7 Å². The Balaban J connectivity index is 1.15. The minimum absolute atomic E-state index is 0.164. The molecule has 3 aromatic rings. The molecule has 0 bridgehead atoms. The number of carbonyl (C=O) groups excluding carboxylic acids is 1. The number of carbonyl (C=O) groups is 1. The SMILES string of the molecule is O=C(NCCC[C@H]1C[C@H](Cc2ccccc2)CCN1)Nc1ccc2cn[nH]c2c1. The van der Waals surface area contributed by atoms with Crippen molar-refractivity contribution in [2.24, 2.45) is 5.92 Å². The number of piperidine rings is 1. The van der Waals surface area contributed by atoms with Crippen LogP contribution in [-0.2, 0) is 6.42 Å². The number of benzene rings is 2. The van der Waals surface area contributed by atoms with E-state index < -0.39 is 0 Å². The fourth-order valence-electron chi connectivity index (χ4n) is 4.19. The van der Waals surface area contributed by atoms with E-state index in [0.717, 1.165) is 41.9 Å². The summed E-state index contributed by atoms with van der Waals surface area (Å²) in [5, 5.41) is 17.4. The Morgan fingerprint density at radius 3 is 2.97 bits per heavy atom. The lowest BCUT2D eigenvalue weighted by atomic mass is 9.86. The lowest BCUT2D eigenvalue weighted by Crippen LogP contribution is -2.39. The van der Waals surface area contributed by atoms with Gasteiger partial charge >= 0.3 is 6.03 Å². The van der Waals surface area contributed by atoms with Gasteiger partial charge in [0.1, 0.15) is 0 Å². The Kier molecular flexibility index (Phi) is 6.42. The van der Waals surface area contributed by atoms with Crippen LogP contribution in [0.2, 0.25) is 0 Å². The van der Waals surface area contributed by atoms with Crippen molar-refractivity contribution in [3.05, 3.63) is 60.3 Å². The average Bonchev–Trinajstić information content (AvgIpc) is 3.20. The fraction of sp³-hybridized carbons (Fsp3) is 0.391. The van der Waals surface area contributed by atoms with Crippen LogP contribution in [0.3, 0.4) is 0 Å². The molecule has 29 heavy (non-hydrogen) atoms. The molecule has 1 fully saturated rings. The summed E-state index contributed by atoms with van der Waals surface area (Å²) in [5.41, 5.74) is 3.11. The number of aromatic amines is 1. The number of nitrogens with one attached hydrogen (secondary N) is 4. The van der Waals surface area contributed by atoms with Gasteiger partial charge in [-0.2, -0.15) is 5.10 Å². The van der Waals surface area contributed by atoms with Gasteiger partial charge in [-0.3, -0.25) is 5.10 Å². The van der Waals surface area contributed by atoms with Gasteiger partial charge in [0.15, 0.2) is 0 Å². The lowest BCUT2D eigenvalue weighted by Gasteiger charge is -2.30. The maximum atomic E-state index is 12.1. The zero-order chi connectivity index (χ0) is 19.9. The van der Waals surface area contributed by atoms with Crippen molar-refractivity contribution in [1.29, 1.82) is 0 Å². The molecular formula is C23H29N5O. The van der Waals surface area contributed by atoms with Gasteiger partial charge < -0.3 is 16.0 Å². The second-order valence-corrected chi connectivity index (χ2v) is 7.93. The number of urea groups is 1. The highest BCUT2D eigenvalue weighted by molar-refractivity contribution is 5.92. The van der Waals surface area contributed by atoms with Crippen LogP contribution in [0.1, 0.15) is 31.2 Å². The van der Waals surface area contributed by atoms with Crippen LogP contribution < -0.4 is 16.0 Å². The second kappa shape index (κ2) is 9.56. The molecule has 0 radical (unpaired) electrons. The summed E-state index contributed by atoms with van der Waals surface area (Å²) in [6, 6.07) is 16.9. The molecule has 0 unspecified atom stereocenters. The Morgan fingerprint density at radius 1 is 1.17 bits per heavy atom. The topological polar surface area (TPSA) is 81.8 Å². The molecule has 1 aliphatic heterocycles. The van der Waals surface area contributed by atoms with Crippen LogP contribution >= 0.6 is 0 Å². The molecule has 1 aromatic heterocycles. The van der Waals surface area contributed by atoms with Gasteiger partial charge in [-0.15, -0.1) is 0 Å². The van der Waals surface area contributed by atoms with E-state index in [9.17, 15) is 4.79 Å². The average molecular weight is 392 g/mol. The summed E-state index contributed by atoms with van der Waals surface area (Å²) in [7, 11) is 0. The quantitative estimate of drug-likeness (QED) is 0.458. The normalized spacial score (nSPS) is 19.2. The molecule has 0 saturated carbocycles. The number of hydrogen-bond acceptors (Lipinski definition) is 3.